The smallest absolute Gasteiger partial charge is 0.412 e. The van der Waals surface area contributed by atoms with Crippen LogP contribution in [0.15, 0.2) is 0 Å². The van der Waals surface area contributed by atoms with Crippen LogP contribution in [-0.4, -0.2) is 25.9 Å². The van der Waals surface area contributed by atoms with Gasteiger partial charge in [0.05, 0.1) is 0 Å². The molecule has 0 saturated carbocycles. The quantitative estimate of drug-likeness (QED) is 0.450. The van der Waals surface area contributed by atoms with E-state index in [0.717, 1.165) is 0 Å². The Labute approximate surface area is 62.7 Å². The van der Waals surface area contributed by atoms with E-state index in [2.05, 4.69) is 3.94 Å². The molecule has 8 heavy (non-hydrogen) atoms. The predicted molar refractivity (Wildman–Crippen MR) is 39.4 cm³/mol. The Hall–Kier alpha value is 1.15. The van der Waals surface area contributed by atoms with Gasteiger partial charge in [0.1, 0.15) is 0 Å². The van der Waals surface area contributed by atoms with Crippen LogP contribution < -0.4 is 0 Å². The molecule has 0 rings (SSSR count). The van der Waals surface area contributed by atoms with Crippen molar-refractivity contribution < 1.29 is 11.0 Å². The third-order valence-corrected chi connectivity index (χ3v) is 3.29. The molecule has 0 atom stereocenters. The van der Waals surface area contributed by atoms with E-state index >= 15 is 0 Å². The van der Waals surface area contributed by atoms with Gasteiger partial charge in [0, 0.05) is 0 Å². The molecule has 0 amide bonds. The third-order valence-electron chi connectivity index (χ3n) is 0.164. The van der Waals surface area contributed by atoms with Gasteiger partial charge in [-0.15, -0.1) is 0 Å². The van der Waals surface area contributed by atoms with Crippen molar-refractivity contribution in [2.45, 2.75) is 0 Å². The van der Waals surface area contributed by atoms with Gasteiger partial charge < -0.3 is 11.0 Å². The van der Waals surface area contributed by atoms with Crippen molar-refractivity contribution in [2.75, 3.05) is 0 Å². The molecule has 0 unspecified atom stereocenters. The Kier molecular flexibility index (Phi) is 12.6. The van der Waals surface area contributed by atoms with Crippen molar-refractivity contribution in [1.29, 1.82) is 0 Å². The summed E-state index contributed by atoms with van der Waals surface area (Å²) >= 11 is -3.29. The topological polar surface area (TPSA) is 63.0 Å². The maximum atomic E-state index is 5.22. The minimum absolute atomic E-state index is 0. The summed E-state index contributed by atoms with van der Waals surface area (Å²) in [5.74, 6) is 0. The Morgan fingerprint density at radius 1 is 1.12 bits per heavy atom. The zero-order valence-electron chi connectivity index (χ0n) is 3.71. The van der Waals surface area contributed by atoms with Crippen LogP contribution in [0, 0.1) is 10.4 Å². The third kappa shape index (κ3) is 15.7. The zero-order valence-corrected chi connectivity index (χ0v) is 8.83. The molecule has 0 bridgehead atoms. The fourth-order valence-corrected chi connectivity index (χ4v) is 0. The molecular formula is C2H5Cl3O2Sn. The van der Waals surface area contributed by atoms with Crippen molar-refractivity contribution in [2.24, 2.45) is 0 Å². The molecular weight excluding hydrogens is 281 g/mol. The van der Waals surface area contributed by atoms with E-state index in [1.54, 1.807) is 0 Å². The molecule has 6 heteroatoms. The van der Waals surface area contributed by atoms with Crippen LogP contribution >= 0.6 is 26.8 Å². The van der Waals surface area contributed by atoms with Crippen LogP contribution in [-0.2, 0) is 0 Å². The molecule has 0 saturated heterocycles. The van der Waals surface area contributed by atoms with Crippen LogP contribution in [0.4, 0.5) is 0 Å². The largest absolute Gasteiger partial charge is 0.412 e. The van der Waals surface area contributed by atoms with Gasteiger partial charge in [0.2, 0.25) is 0 Å². The molecule has 0 fully saturated rings. The molecule has 0 aromatic rings. The minimum Gasteiger partial charge on any atom is -0.412 e. The van der Waals surface area contributed by atoms with Gasteiger partial charge in [-0.05, 0) is 0 Å². The standard InChI is InChI=1S/C2H.3ClH.2H2O.Sn/c1-2;;;;;;/h1H;3*1H;2*1H2;/q;;;;;;+3/p-3. The Bertz CT molecular complexity index is 82.3. The first-order valence-electron chi connectivity index (χ1n) is 1.11. The summed E-state index contributed by atoms with van der Waals surface area (Å²) in [6.45, 7) is 0. The number of halogens is 3. The van der Waals surface area contributed by atoms with E-state index in [1.807, 2.05) is 0 Å². The average molecular weight is 286 g/mol. The summed E-state index contributed by atoms with van der Waals surface area (Å²) in [5, 5.41) is 0. The normalized spacial score (nSPS) is 7.75. The summed E-state index contributed by atoms with van der Waals surface area (Å²) in [7, 11) is 15.7. The zero-order chi connectivity index (χ0) is 5.21. The fraction of sp³-hybridized carbons (Fsp3) is 0. The van der Waals surface area contributed by atoms with E-state index in [1.165, 1.54) is 0 Å². The maximum absolute atomic E-state index is 5.22. The molecule has 0 aliphatic carbocycles. The Balaban J connectivity index is -0.000000125. The van der Waals surface area contributed by atoms with Crippen molar-refractivity contribution in [3.05, 3.63) is 0 Å². The van der Waals surface area contributed by atoms with E-state index in [0.29, 0.717) is 0 Å². The van der Waals surface area contributed by atoms with Gasteiger partial charge in [0.15, 0.2) is 0 Å². The van der Waals surface area contributed by atoms with E-state index in [4.69, 9.17) is 33.2 Å². The van der Waals surface area contributed by atoms with Crippen LogP contribution in [0.2, 0.25) is 0 Å². The molecule has 0 aromatic heterocycles. The second-order valence-electron chi connectivity index (χ2n) is 0.642. The Morgan fingerprint density at radius 3 is 1.25 bits per heavy atom. The van der Waals surface area contributed by atoms with Crippen molar-refractivity contribution in [3.8, 4) is 10.4 Å². The summed E-state index contributed by atoms with van der Waals surface area (Å²) in [6, 6.07) is 0. The fourth-order valence-electron chi connectivity index (χ4n) is 0. The molecule has 0 heterocycles. The van der Waals surface area contributed by atoms with Gasteiger partial charge in [-0.3, -0.25) is 0 Å². The monoisotopic (exact) mass is 286 g/mol. The first-order valence-corrected chi connectivity index (χ1v) is 13.4. The summed E-state index contributed by atoms with van der Waals surface area (Å²) in [6.07, 6.45) is 4.75. The minimum atomic E-state index is -3.29. The van der Waals surface area contributed by atoms with E-state index in [-0.39, 0.29) is 11.0 Å². The predicted octanol–water partition coefficient (Wildman–Crippen LogP) is 0.165. The van der Waals surface area contributed by atoms with Crippen LogP contribution in [0.1, 0.15) is 0 Å². The second-order valence-corrected chi connectivity index (χ2v) is 19.6. The Morgan fingerprint density at radius 2 is 1.25 bits per heavy atom. The SMILES string of the molecule is C#[C][Sn]([Cl])([Cl])[Cl].O.O. The second kappa shape index (κ2) is 6.27. The van der Waals surface area contributed by atoms with Crippen molar-refractivity contribution in [1.82, 2.24) is 0 Å². The molecule has 0 aliphatic rings. The van der Waals surface area contributed by atoms with Gasteiger partial charge in [-0.25, -0.2) is 0 Å². The average Bonchev–Trinajstić information content (AvgIpc) is 1.35. The summed E-state index contributed by atoms with van der Waals surface area (Å²) in [5.41, 5.74) is 0. The van der Waals surface area contributed by atoms with Crippen molar-refractivity contribution >= 4 is 41.8 Å². The maximum Gasteiger partial charge on any atom is -0.412 e. The summed E-state index contributed by atoms with van der Waals surface area (Å²) < 4.78 is 2.11. The first-order chi connectivity index (χ1) is 2.56. The number of terminal acetylenes is 1. The number of hydrogen-bond acceptors (Lipinski definition) is 0. The van der Waals surface area contributed by atoms with Crippen LogP contribution in [0.25, 0.3) is 0 Å². The molecule has 0 radical (unpaired) electrons. The van der Waals surface area contributed by atoms with Gasteiger partial charge in [-0.1, -0.05) is 0 Å². The molecule has 4 N–H and O–H groups in total. The summed E-state index contributed by atoms with van der Waals surface area (Å²) in [4.78, 5) is 0. The first kappa shape index (κ1) is 16.1. The van der Waals surface area contributed by atoms with Gasteiger partial charge in [-0.2, -0.15) is 0 Å². The van der Waals surface area contributed by atoms with Crippen LogP contribution in [0.3, 0.4) is 0 Å². The number of hydrogen-bond donors (Lipinski definition) is 0. The molecule has 0 spiro atoms. The molecule has 0 aliphatic heterocycles. The molecule has 50 valence electrons. The number of rotatable bonds is 0. The van der Waals surface area contributed by atoms with Crippen LogP contribution in [0.5, 0.6) is 0 Å². The van der Waals surface area contributed by atoms with Gasteiger partial charge >= 0.3 is 52.1 Å². The molecule has 0 aromatic carbocycles. The molecule has 2 nitrogen and oxygen atoms in total. The van der Waals surface area contributed by atoms with E-state index in [9.17, 15) is 0 Å². The van der Waals surface area contributed by atoms with Gasteiger partial charge in [0.25, 0.3) is 0 Å². The van der Waals surface area contributed by atoms with E-state index < -0.39 is 15.0 Å². The van der Waals surface area contributed by atoms with Crippen molar-refractivity contribution in [3.63, 3.8) is 0 Å².